The number of nitrogens with one attached hydrogen (secondary N) is 1. The van der Waals surface area contributed by atoms with E-state index in [-0.39, 0.29) is 19.5 Å². The van der Waals surface area contributed by atoms with Crippen LogP contribution < -0.4 is 10.1 Å². The largest absolute Gasteiger partial charge is 0.439 e. The van der Waals surface area contributed by atoms with Crippen molar-refractivity contribution in [2.24, 2.45) is 0 Å². The van der Waals surface area contributed by atoms with Gasteiger partial charge >= 0.3 is 6.03 Å². The van der Waals surface area contributed by atoms with Crippen molar-refractivity contribution in [2.75, 3.05) is 13.1 Å². The van der Waals surface area contributed by atoms with Gasteiger partial charge in [0.1, 0.15) is 11.9 Å². The number of rotatable bonds is 4. The Morgan fingerprint density at radius 3 is 2.93 bits per heavy atom. The van der Waals surface area contributed by atoms with Gasteiger partial charge in [0.25, 0.3) is 5.92 Å². The predicted molar refractivity (Wildman–Crippen MR) is 99.6 cm³/mol. The number of urea groups is 1. The zero-order chi connectivity index (χ0) is 20.3. The summed E-state index contributed by atoms with van der Waals surface area (Å²) >= 11 is 0. The summed E-state index contributed by atoms with van der Waals surface area (Å²) in [6.07, 6.45) is -0.293. The average Bonchev–Trinajstić information content (AvgIpc) is 2.66. The molecule has 6 nitrogen and oxygen atoms in total. The van der Waals surface area contributed by atoms with Crippen LogP contribution in [0.5, 0.6) is 11.6 Å². The number of aliphatic hydroxyl groups is 1. The fraction of sp³-hybridized carbons (Fsp3) is 0.400. The van der Waals surface area contributed by atoms with Gasteiger partial charge in [-0.1, -0.05) is 12.1 Å². The molecule has 0 unspecified atom stereocenters. The third kappa shape index (κ3) is 4.56. The number of halogens is 2. The number of benzene rings is 1. The molecule has 1 aliphatic rings. The summed E-state index contributed by atoms with van der Waals surface area (Å²) in [6.45, 7) is 3.39. The van der Waals surface area contributed by atoms with Gasteiger partial charge in [0, 0.05) is 25.4 Å². The van der Waals surface area contributed by atoms with Crippen LogP contribution in [0.3, 0.4) is 0 Å². The molecular weight excluding hydrogens is 368 g/mol. The van der Waals surface area contributed by atoms with Gasteiger partial charge in [-0.05, 0) is 49.1 Å². The molecule has 150 valence electrons. The normalized spacial score (nSPS) is 18.6. The van der Waals surface area contributed by atoms with E-state index in [4.69, 9.17) is 4.74 Å². The lowest BCUT2D eigenvalue weighted by Crippen LogP contribution is -2.55. The van der Waals surface area contributed by atoms with Crippen molar-refractivity contribution in [3.05, 3.63) is 53.2 Å². The molecule has 1 aliphatic heterocycles. The van der Waals surface area contributed by atoms with Crippen LogP contribution in [0, 0.1) is 13.8 Å². The molecule has 3 rings (SSSR count). The Labute approximate surface area is 162 Å². The number of aliphatic hydroxyl groups excluding tert-OH is 1. The lowest BCUT2D eigenvalue weighted by Gasteiger charge is -2.35. The maximum absolute atomic E-state index is 13.6. The summed E-state index contributed by atoms with van der Waals surface area (Å²) < 4.78 is 33.0. The Morgan fingerprint density at radius 1 is 1.39 bits per heavy atom. The number of aryl methyl sites for hydroxylation is 1. The highest BCUT2D eigenvalue weighted by Gasteiger charge is 2.44. The van der Waals surface area contributed by atoms with Gasteiger partial charge in [0.2, 0.25) is 5.88 Å². The number of piperidine rings is 1. The van der Waals surface area contributed by atoms with E-state index in [0.29, 0.717) is 11.6 Å². The standard InChI is InChI=1S/C20H23F2N3O3/c1-13-4-3-5-16(14(13)2)28-18-10-15(6-8-23-18)11-24-19(27)25-9-7-17(26)20(21,22)12-25/h3-6,8,10,17,26H,7,9,11-12H2,1-2H3,(H,24,27)/t17-/m0/s1. The molecule has 1 saturated heterocycles. The number of carbonyl (C=O) groups is 1. The Bertz CT molecular complexity index is 860. The molecule has 1 aromatic carbocycles. The van der Waals surface area contributed by atoms with Gasteiger partial charge in [-0.3, -0.25) is 0 Å². The highest BCUT2D eigenvalue weighted by Crippen LogP contribution is 2.28. The molecule has 1 aromatic heterocycles. The molecule has 2 aromatic rings. The number of pyridine rings is 1. The van der Waals surface area contributed by atoms with Crippen molar-refractivity contribution in [3.8, 4) is 11.6 Å². The molecule has 0 radical (unpaired) electrons. The van der Waals surface area contributed by atoms with Gasteiger partial charge < -0.3 is 20.1 Å². The summed E-state index contributed by atoms with van der Waals surface area (Å²) in [5.41, 5.74) is 2.84. The second-order valence-corrected chi connectivity index (χ2v) is 6.95. The number of likely N-dealkylation sites (tertiary alicyclic amines) is 1. The first-order valence-corrected chi connectivity index (χ1v) is 9.04. The van der Waals surface area contributed by atoms with Gasteiger partial charge in [0.05, 0.1) is 6.54 Å². The van der Waals surface area contributed by atoms with Gasteiger partial charge in [-0.15, -0.1) is 0 Å². The van der Waals surface area contributed by atoms with Crippen LogP contribution in [-0.4, -0.2) is 46.1 Å². The number of nitrogens with zero attached hydrogens (tertiary/aromatic N) is 2. The van der Waals surface area contributed by atoms with E-state index in [1.165, 1.54) is 0 Å². The first kappa shape index (κ1) is 20.0. The monoisotopic (exact) mass is 391 g/mol. The van der Waals surface area contributed by atoms with Crippen LogP contribution in [0.2, 0.25) is 0 Å². The molecule has 1 atom stereocenters. The van der Waals surface area contributed by atoms with E-state index in [0.717, 1.165) is 21.6 Å². The Hall–Kier alpha value is -2.74. The average molecular weight is 391 g/mol. The lowest BCUT2D eigenvalue weighted by molar-refractivity contribution is -0.141. The number of ether oxygens (including phenoxy) is 1. The van der Waals surface area contributed by atoms with Crippen LogP contribution in [-0.2, 0) is 6.54 Å². The molecule has 0 aliphatic carbocycles. The number of hydrogen-bond acceptors (Lipinski definition) is 4. The number of amides is 2. The second-order valence-electron chi connectivity index (χ2n) is 6.95. The molecular formula is C20H23F2N3O3. The second kappa shape index (κ2) is 8.10. The van der Waals surface area contributed by atoms with Crippen molar-refractivity contribution in [1.82, 2.24) is 15.2 Å². The van der Waals surface area contributed by atoms with E-state index in [9.17, 15) is 18.7 Å². The molecule has 2 amide bonds. The Morgan fingerprint density at radius 2 is 2.18 bits per heavy atom. The number of aromatic nitrogens is 1. The third-order valence-corrected chi connectivity index (χ3v) is 4.86. The minimum absolute atomic E-state index is 0.0833. The van der Waals surface area contributed by atoms with Crippen LogP contribution in [0.25, 0.3) is 0 Å². The molecule has 0 bridgehead atoms. The van der Waals surface area contributed by atoms with E-state index in [1.807, 2.05) is 32.0 Å². The fourth-order valence-electron chi connectivity index (χ4n) is 2.95. The summed E-state index contributed by atoms with van der Waals surface area (Å²) in [5, 5.41) is 11.9. The zero-order valence-corrected chi connectivity index (χ0v) is 15.8. The third-order valence-electron chi connectivity index (χ3n) is 4.86. The number of hydrogen-bond donors (Lipinski definition) is 2. The smallest absolute Gasteiger partial charge is 0.317 e. The molecule has 0 spiro atoms. The van der Waals surface area contributed by atoms with Crippen molar-refractivity contribution in [3.63, 3.8) is 0 Å². The maximum atomic E-state index is 13.6. The van der Waals surface area contributed by atoms with Gasteiger partial charge in [-0.25, -0.2) is 18.6 Å². The fourth-order valence-corrected chi connectivity index (χ4v) is 2.95. The summed E-state index contributed by atoms with van der Waals surface area (Å²) in [7, 11) is 0. The van der Waals surface area contributed by atoms with E-state index >= 15 is 0 Å². The molecule has 1 fully saturated rings. The zero-order valence-electron chi connectivity index (χ0n) is 15.8. The Balaban J connectivity index is 1.60. The summed E-state index contributed by atoms with van der Waals surface area (Å²) in [6, 6.07) is 8.54. The van der Waals surface area contributed by atoms with E-state index < -0.39 is 24.6 Å². The van der Waals surface area contributed by atoms with E-state index in [1.54, 1.807) is 18.3 Å². The SMILES string of the molecule is Cc1cccc(Oc2cc(CNC(=O)N3CC[C@H](O)C(F)(F)C3)ccn2)c1C. The highest BCUT2D eigenvalue weighted by atomic mass is 19.3. The molecule has 8 heteroatoms. The molecule has 2 heterocycles. The van der Waals surface area contributed by atoms with Crippen molar-refractivity contribution in [1.29, 1.82) is 0 Å². The maximum Gasteiger partial charge on any atom is 0.317 e. The number of alkyl halides is 2. The quantitative estimate of drug-likeness (QED) is 0.838. The lowest BCUT2D eigenvalue weighted by atomic mass is 10.0. The summed E-state index contributed by atoms with van der Waals surface area (Å²) in [4.78, 5) is 17.4. The first-order chi connectivity index (χ1) is 13.3. The predicted octanol–water partition coefficient (Wildman–Crippen LogP) is 3.40. The van der Waals surface area contributed by atoms with Crippen molar-refractivity contribution < 1.29 is 23.4 Å². The van der Waals surface area contributed by atoms with Gasteiger partial charge in [0.15, 0.2) is 0 Å². The van der Waals surface area contributed by atoms with Crippen LogP contribution in [0.1, 0.15) is 23.1 Å². The van der Waals surface area contributed by atoms with E-state index in [2.05, 4.69) is 10.3 Å². The molecule has 0 saturated carbocycles. The topological polar surface area (TPSA) is 74.7 Å². The Kier molecular flexibility index (Phi) is 5.79. The number of carbonyl (C=O) groups excluding carboxylic acids is 1. The minimum atomic E-state index is -3.29. The van der Waals surface area contributed by atoms with Crippen LogP contribution >= 0.6 is 0 Å². The first-order valence-electron chi connectivity index (χ1n) is 9.04. The van der Waals surface area contributed by atoms with Crippen molar-refractivity contribution >= 4 is 6.03 Å². The van der Waals surface area contributed by atoms with Gasteiger partial charge in [-0.2, -0.15) is 0 Å². The minimum Gasteiger partial charge on any atom is -0.439 e. The van der Waals surface area contributed by atoms with Crippen LogP contribution in [0.4, 0.5) is 13.6 Å². The van der Waals surface area contributed by atoms with Crippen LogP contribution in [0.15, 0.2) is 36.5 Å². The molecule has 28 heavy (non-hydrogen) atoms. The summed E-state index contributed by atoms with van der Waals surface area (Å²) in [5.74, 6) is -2.21. The van der Waals surface area contributed by atoms with Crippen molar-refractivity contribution in [2.45, 2.75) is 38.8 Å². The molecule has 2 N–H and O–H groups in total. The highest BCUT2D eigenvalue weighted by molar-refractivity contribution is 5.74.